The molecule has 1 amide bonds. The lowest BCUT2D eigenvalue weighted by molar-refractivity contribution is 0.101. The number of carbonyl (C=O) groups is 2. The van der Waals surface area contributed by atoms with Crippen molar-refractivity contribution in [2.45, 2.75) is 14.7 Å². The van der Waals surface area contributed by atoms with E-state index in [2.05, 4.69) is 11.9 Å². The van der Waals surface area contributed by atoms with Crippen LogP contribution in [0.1, 0.15) is 26.3 Å². The van der Waals surface area contributed by atoms with Crippen LogP contribution in [0.4, 0.5) is 5.69 Å². The number of hydrogen-bond acceptors (Lipinski definition) is 5. The van der Waals surface area contributed by atoms with Crippen LogP contribution in [0.3, 0.4) is 0 Å². The smallest absolute Gasteiger partial charge is 0.255 e. The third-order valence-electron chi connectivity index (χ3n) is 4.69. The molecule has 0 bridgehead atoms. The van der Waals surface area contributed by atoms with E-state index in [0.29, 0.717) is 11.4 Å². The summed E-state index contributed by atoms with van der Waals surface area (Å²) in [4.78, 5) is 26.3. The Morgan fingerprint density at radius 2 is 1.67 bits per heavy atom. The van der Waals surface area contributed by atoms with E-state index in [4.69, 9.17) is 0 Å². The van der Waals surface area contributed by atoms with Gasteiger partial charge in [-0.05, 0) is 42.5 Å². The minimum Gasteiger partial charge on any atom is -0.321 e. The van der Waals surface area contributed by atoms with Crippen molar-refractivity contribution in [3.63, 3.8) is 0 Å². The quantitative estimate of drug-likeness (QED) is 0.366. The van der Waals surface area contributed by atoms with Gasteiger partial charge in [0.15, 0.2) is 5.78 Å². The summed E-state index contributed by atoms with van der Waals surface area (Å²) in [5.74, 6) is -0.134. The zero-order valence-electron chi connectivity index (χ0n) is 15.8. The molecule has 150 valence electrons. The first-order valence-corrected chi connectivity index (χ1v) is 11.6. The van der Waals surface area contributed by atoms with Crippen molar-refractivity contribution >= 4 is 39.0 Å². The zero-order chi connectivity index (χ0) is 21.3. The molecule has 0 radical (unpaired) electrons. The average molecular weight is 436 g/mol. The molecule has 0 saturated heterocycles. The van der Waals surface area contributed by atoms with Gasteiger partial charge in [0.05, 0.1) is 15.5 Å². The highest BCUT2D eigenvalue weighted by Gasteiger charge is 2.35. The van der Waals surface area contributed by atoms with Gasteiger partial charge in [0, 0.05) is 27.3 Å². The minimum absolute atomic E-state index is 0.0359. The van der Waals surface area contributed by atoms with Gasteiger partial charge in [-0.2, -0.15) is 0 Å². The molecule has 0 aromatic heterocycles. The number of amides is 1. The Labute approximate surface area is 178 Å². The molecule has 1 aliphatic heterocycles. The molecule has 0 aliphatic carbocycles. The third-order valence-corrected chi connectivity index (χ3v) is 7.61. The van der Waals surface area contributed by atoms with Gasteiger partial charge in [-0.3, -0.25) is 9.59 Å². The van der Waals surface area contributed by atoms with E-state index in [1.54, 1.807) is 30.3 Å². The van der Waals surface area contributed by atoms with Crippen LogP contribution in [0.15, 0.2) is 94.1 Å². The summed E-state index contributed by atoms with van der Waals surface area (Å²) in [6, 6.07) is 17.6. The van der Waals surface area contributed by atoms with Gasteiger partial charge in [-0.25, -0.2) is 8.42 Å². The van der Waals surface area contributed by atoms with E-state index in [9.17, 15) is 18.0 Å². The summed E-state index contributed by atoms with van der Waals surface area (Å²) >= 11 is 1.53. The number of benzene rings is 3. The summed E-state index contributed by atoms with van der Waals surface area (Å²) < 4.78 is 26.1. The largest absolute Gasteiger partial charge is 0.321 e. The predicted octanol–water partition coefficient (Wildman–Crippen LogP) is 4.59. The molecule has 1 heterocycles. The second-order valence-corrected chi connectivity index (χ2v) is 9.54. The number of thioether (sulfide) groups is 1. The molecule has 3 aromatic rings. The average Bonchev–Trinajstić information content (AvgIpc) is 2.77. The van der Waals surface area contributed by atoms with E-state index in [1.807, 2.05) is 12.1 Å². The van der Waals surface area contributed by atoms with Crippen molar-refractivity contribution in [1.82, 2.24) is 0 Å². The Bertz CT molecular complexity index is 1300. The number of carbonyl (C=O) groups excluding carboxylic acids is 2. The van der Waals surface area contributed by atoms with E-state index in [1.165, 1.54) is 42.1 Å². The number of anilines is 1. The molecule has 0 saturated carbocycles. The molecule has 7 heteroatoms. The fraction of sp³-hybridized carbons (Fsp3) is 0.0435. The van der Waals surface area contributed by atoms with E-state index in [-0.39, 0.29) is 32.3 Å². The van der Waals surface area contributed by atoms with Crippen LogP contribution < -0.4 is 5.32 Å². The van der Waals surface area contributed by atoms with Gasteiger partial charge in [-0.15, -0.1) is 18.3 Å². The van der Waals surface area contributed by atoms with Crippen LogP contribution in [0, 0.1) is 0 Å². The van der Waals surface area contributed by atoms with Gasteiger partial charge in [0.1, 0.15) is 0 Å². The number of rotatable bonds is 5. The fourth-order valence-corrected chi connectivity index (χ4v) is 5.69. The Balaban J connectivity index is 1.70. The van der Waals surface area contributed by atoms with Gasteiger partial charge in [-0.1, -0.05) is 30.3 Å². The first-order chi connectivity index (χ1) is 14.4. The first kappa shape index (κ1) is 20.1. The van der Waals surface area contributed by atoms with Crippen molar-refractivity contribution in [1.29, 1.82) is 0 Å². The maximum atomic E-state index is 13.0. The standard InChI is InChI=1S/C23H17NO4S2/c1-2-13-29-19-9-5-4-8-18(19)24-23(26)15-11-12-17-21(14-15)30(27,28)20-10-6-3-7-16(20)22(17)25/h2-12,14H,1,13H2,(H,24,26). The SMILES string of the molecule is C=CCSc1ccccc1NC(=O)c1ccc2c(c1)S(=O)(=O)c1ccccc1C2=O. The maximum Gasteiger partial charge on any atom is 0.255 e. The van der Waals surface area contributed by atoms with Crippen LogP contribution in [0.2, 0.25) is 0 Å². The predicted molar refractivity (Wildman–Crippen MR) is 117 cm³/mol. The minimum atomic E-state index is -3.90. The van der Waals surface area contributed by atoms with E-state index in [0.717, 1.165) is 4.90 Å². The number of fused-ring (bicyclic) bond motifs is 2. The van der Waals surface area contributed by atoms with E-state index < -0.39 is 15.7 Å². The maximum absolute atomic E-state index is 13.0. The van der Waals surface area contributed by atoms with Crippen molar-refractivity contribution in [2.24, 2.45) is 0 Å². The van der Waals surface area contributed by atoms with Gasteiger partial charge in [0.2, 0.25) is 9.84 Å². The summed E-state index contributed by atoms with van der Waals surface area (Å²) in [7, 11) is -3.90. The molecule has 1 aliphatic rings. The molecule has 0 fully saturated rings. The summed E-state index contributed by atoms with van der Waals surface area (Å²) in [6.07, 6.45) is 1.77. The lowest BCUT2D eigenvalue weighted by atomic mass is 10.0. The Kier molecular flexibility index (Phi) is 5.32. The molecule has 1 N–H and O–H groups in total. The Morgan fingerprint density at radius 3 is 2.47 bits per heavy atom. The van der Waals surface area contributed by atoms with Crippen LogP contribution in [0.25, 0.3) is 0 Å². The molecule has 5 nitrogen and oxygen atoms in total. The lowest BCUT2D eigenvalue weighted by Crippen LogP contribution is -2.21. The van der Waals surface area contributed by atoms with Gasteiger partial charge in [0.25, 0.3) is 5.91 Å². The molecule has 3 aromatic carbocycles. The normalized spacial score (nSPS) is 13.8. The topological polar surface area (TPSA) is 80.3 Å². The van der Waals surface area contributed by atoms with Crippen molar-refractivity contribution in [2.75, 3.05) is 11.1 Å². The highest BCUT2D eigenvalue weighted by molar-refractivity contribution is 7.99. The van der Waals surface area contributed by atoms with Crippen molar-refractivity contribution in [3.05, 3.63) is 96.1 Å². The van der Waals surface area contributed by atoms with Crippen LogP contribution in [-0.2, 0) is 9.84 Å². The molecule has 0 spiro atoms. The van der Waals surface area contributed by atoms with Gasteiger partial charge < -0.3 is 5.32 Å². The van der Waals surface area contributed by atoms with Crippen molar-refractivity contribution < 1.29 is 18.0 Å². The number of hydrogen-bond donors (Lipinski definition) is 1. The van der Waals surface area contributed by atoms with Gasteiger partial charge >= 0.3 is 0 Å². The Morgan fingerprint density at radius 1 is 0.967 bits per heavy atom. The second-order valence-electron chi connectivity index (χ2n) is 6.59. The molecule has 30 heavy (non-hydrogen) atoms. The number of sulfone groups is 1. The number of para-hydroxylation sites is 1. The van der Waals surface area contributed by atoms with Crippen LogP contribution >= 0.6 is 11.8 Å². The second kappa shape index (κ2) is 7.93. The molecule has 4 rings (SSSR count). The van der Waals surface area contributed by atoms with Crippen LogP contribution in [-0.4, -0.2) is 25.9 Å². The van der Waals surface area contributed by atoms with Crippen LogP contribution in [0.5, 0.6) is 0 Å². The molecular weight excluding hydrogens is 418 g/mol. The number of nitrogens with one attached hydrogen (secondary N) is 1. The summed E-state index contributed by atoms with van der Waals surface area (Å²) in [6.45, 7) is 3.70. The number of ketones is 1. The third kappa shape index (κ3) is 3.46. The van der Waals surface area contributed by atoms with Crippen molar-refractivity contribution in [3.8, 4) is 0 Å². The van der Waals surface area contributed by atoms with E-state index >= 15 is 0 Å². The molecule has 0 unspecified atom stereocenters. The lowest BCUT2D eigenvalue weighted by Gasteiger charge is -2.19. The monoisotopic (exact) mass is 435 g/mol. The first-order valence-electron chi connectivity index (χ1n) is 9.10. The summed E-state index contributed by atoms with van der Waals surface area (Å²) in [5, 5.41) is 2.83. The zero-order valence-corrected chi connectivity index (χ0v) is 17.4. The highest BCUT2D eigenvalue weighted by atomic mass is 32.2. The molecular formula is C23H17NO4S2. The summed E-state index contributed by atoms with van der Waals surface area (Å²) in [5.41, 5.74) is 1.01. The highest BCUT2D eigenvalue weighted by Crippen LogP contribution is 2.35. The fourth-order valence-electron chi connectivity index (χ4n) is 3.26. The molecule has 0 atom stereocenters. The Hall–Kier alpha value is -3.16.